The molecule has 6 nitrogen and oxygen atoms in total. The van der Waals surface area contributed by atoms with Crippen molar-refractivity contribution in [3.05, 3.63) is 53.1 Å². The van der Waals surface area contributed by atoms with Gasteiger partial charge in [-0.1, -0.05) is 25.1 Å². The van der Waals surface area contributed by atoms with Crippen molar-refractivity contribution in [2.24, 2.45) is 0 Å². The van der Waals surface area contributed by atoms with Gasteiger partial charge in [-0.25, -0.2) is 9.59 Å². The summed E-state index contributed by atoms with van der Waals surface area (Å²) in [6, 6.07) is 5.22. The van der Waals surface area contributed by atoms with Gasteiger partial charge in [0.25, 0.3) is 0 Å². The van der Waals surface area contributed by atoms with Crippen molar-refractivity contribution in [3.8, 4) is 5.75 Å². The van der Waals surface area contributed by atoms with Gasteiger partial charge in [0.2, 0.25) is 0 Å². The number of hydrogen-bond donors (Lipinski definition) is 0. The zero-order valence-electron chi connectivity index (χ0n) is 15.2. The van der Waals surface area contributed by atoms with Crippen LogP contribution < -0.4 is 4.74 Å². The Morgan fingerprint density at radius 1 is 1.11 bits per heavy atom. The molecule has 0 N–H and O–H groups in total. The quantitative estimate of drug-likeness (QED) is 0.561. The Bertz CT molecular complexity index is 855. The van der Waals surface area contributed by atoms with Crippen LogP contribution in [0.2, 0.25) is 0 Å². The van der Waals surface area contributed by atoms with Crippen LogP contribution in [0.4, 0.5) is 13.2 Å². The van der Waals surface area contributed by atoms with E-state index < -0.39 is 35.9 Å². The summed E-state index contributed by atoms with van der Waals surface area (Å²) in [5.41, 5.74) is -0.640. The molecule has 3 atom stereocenters. The van der Waals surface area contributed by atoms with Crippen molar-refractivity contribution in [2.75, 3.05) is 14.2 Å². The van der Waals surface area contributed by atoms with E-state index in [-0.39, 0.29) is 16.9 Å². The fourth-order valence-corrected chi connectivity index (χ4v) is 3.54. The number of rotatable bonds is 5. The zero-order valence-corrected chi connectivity index (χ0v) is 15.2. The summed E-state index contributed by atoms with van der Waals surface area (Å²) in [5, 5.41) is 0. The van der Waals surface area contributed by atoms with Gasteiger partial charge in [-0.05, 0) is 23.8 Å². The van der Waals surface area contributed by atoms with Crippen LogP contribution in [-0.2, 0) is 23.8 Å². The summed E-state index contributed by atoms with van der Waals surface area (Å²) >= 11 is 0. The third kappa shape index (κ3) is 3.26. The Hall–Kier alpha value is -2.81. The van der Waals surface area contributed by atoms with E-state index >= 15 is 0 Å². The maximum Gasteiger partial charge on any atom is 0.573 e. The summed E-state index contributed by atoms with van der Waals surface area (Å²) in [6.45, 7) is 1.73. The number of esters is 2. The SMILES string of the molecule is COC(=O)C1=C(C(=O)OC)C2(C(C)c3ccc(OC(F)(F)F)cc3)C=C[C@@H]1O2. The van der Waals surface area contributed by atoms with Crippen molar-refractivity contribution in [2.45, 2.75) is 30.9 Å². The molecular formula is C19H17F3O6. The second kappa shape index (κ2) is 6.97. The lowest BCUT2D eigenvalue weighted by Gasteiger charge is -2.32. The molecule has 150 valence electrons. The first kappa shape index (κ1) is 19.9. The number of ether oxygens (including phenoxy) is 4. The average Bonchev–Trinajstić information content (AvgIpc) is 3.23. The second-order valence-corrected chi connectivity index (χ2v) is 6.30. The molecule has 2 bridgehead atoms. The normalized spacial score (nSPS) is 24.3. The molecule has 0 aromatic heterocycles. The summed E-state index contributed by atoms with van der Waals surface area (Å²) in [4.78, 5) is 24.6. The summed E-state index contributed by atoms with van der Waals surface area (Å²) in [7, 11) is 2.37. The fraction of sp³-hybridized carbons (Fsp3) is 0.368. The van der Waals surface area contributed by atoms with Crippen molar-refractivity contribution in [1.29, 1.82) is 0 Å². The fourth-order valence-electron chi connectivity index (χ4n) is 3.54. The monoisotopic (exact) mass is 398 g/mol. The van der Waals surface area contributed by atoms with Crippen LogP contribution in [0.25, 0.3) is 0 Å². The highest BCUT2D eigenvalue weighted by atomic mass is 19.4. The number of methoxy groups -OCH3 is 2. The topological polar surface area (TPSA) is 71.1 Å². The number of hydrogen-bond acceptors (Lipinski definition) is 6. The Morgan fingerprint density at radius 2 is 1.71 bits per heavy atom. The van der Waals surface area contributed by atoms with Crippen molar-refractivity contribution in [3.63, 3.8) is 0 Å². The predicted octanol–water partition coefficient (Wildman–Crippen LogP) is 3.04. The molecule has 3 rings (SSSR count). The molecule has 0 fully saturated rings. The van der Waals surface area contributed by atoms with Gasteiger partial charge < -0.3 is 18.9 Å². The van der Waals surface area contributed by atoms with Gasteiger partial charge in [0.15, 0.2) is 0 Å². The number of carbonyl (C=O) groups excluding carboxylic acids is 2. The number of benzene rings is 1. The minimum atomic E-state index is -4.79. The van der Waals surface area contributed by atoms with Crippen LogP contribution in [0.5, 0.6) is 5.75 Å². The minimum absolute atomic E-state index is 0.0254. The standard InChI is InChI=1S/C19H17F3O6/c1-10(11-4-6-12(7-5-11)27-19(20,21)22)18-9-8-13(28-18)14(16(23)25-2)15(18)17(24)26-3/h4-10,13H,1-3H3/t10?,13-,18?/m0/s1. The summed E-state index contributed by atoms with van der Waals surface area (Å²) in [6.07, 6.45) is -2.27. The molecule has 0 saturated heterocycles. The van der Waals surface area contributed by atoms with E-state index in [9.17, 15) is 22.8 Å². The van der Waals surface area contributed by atoms with Crippen molar-refractivity contribution >= 4 is 11.9 Å². The molecular weight excluding hydrogens is 381 g/mol. The Morgan fingerprint density at radius 3 is 2.25 bits per heavy atom. The zero-order chi connectivity index (χ0) is 20.7. The van der Waals surface area contributed by atoms with E-state index in [4.69, 9.17) is 14.2 Å². The molecule has 2 unspecified atom stereocenters. The minimum Gasteiger partial charge on any atom is -0.466 e. The smallest absolute Gasteiger partial charge is 0.466 e. The highest BCUT2D eigenvalue weighted by Crippen LogP contribution is 2.51. The van der Waals surface area contributed by atoms with Gasteiger partial charge in [0, 0.05) is 5.92 Å². The van der Waals surface area contributed by atoms with E-state index in [1.165, 1.54) is 38.5 Å². The molecule has 9 heteroatoms. The number of halogens is 3. The Kier molecular flexibility index (Phi) is 4.97. The van der Waals surface area contributed by atoms with Crippen molar-refractivity contribution in [1.82, 2.24) is 0 Å². The van der Waals surface area contributed by atoms with Gasteiger partial charge in [-0.15, -0.1) is 13.2 Å². The lowest BCUT2D eigenvalue weighted by molar-refractivity contribution is -0.274. The molecule has 0 amide bonds. The second-order valence-electron chi connectivity index (χ2n) is 6.30. The predicted molar refractivity (Wildman–Crippen MR) is 89.3 cm³/mol. The number of fused-ring (bicyclic) bond motifs is 2. The molecule has 0 saturated carbocycles. The van der Waals surface area contributed by atoms with E-state index in [0.717, 1.165) is 0 Å². The lowest BCUT2D eigenvalue weighted by Crippen LogP contribution is -2.37. The van der Waals surface area contributed by atoms with Crippen LogP contribution >= 0.6 is 0 Å². The van der Waals surface area contributed by atoms with Crippen LogP contribution in [0, 0.1) is 0 Å². The number of carbonyl (C=O) groups is 2. The first-order chi connectivity index (χ1) is 13.1. The van der Waals surface area contributed by atoms with Crippen molar-refractivity contribution < 1.29 is 41.7 Å². The molecule has 1 aromatic carbocycles. The lowest BCUT2D eigenvalue weighted by atomic mass is 9.75. The molecule has 0 aliphatic carbocycles. The summed E-state index contributed by atoms with van der Waals surface area (Å²) < 4.78 is 56.5. The third-order valence-corrected chi connectivity index (χ3v) is 4.84. The first-order valence-corrected chi connectivity index (χ1v) is 8.27. The maximum absolute atomic E-state index is 12.4. The van der Waals surface area contributed by atoms with Crippen LogP contribution in [-0.4, -0.2) is 44.2 Å². The Labute approximate surface area is 158 Å². The highest BCUT2D eigenvalue weighted by molar-refractivity contribution is 6.05. The van der Waals surface area contributed by atoms with Gasteiger partial charge in [0.05, 0.1) is 25.4 Å². The molecule has 2 aliphatic heterocycles. The van der Waals surface area contributed by atoms with E-state index in [1.807, 2.05) is 0 Å². The van der Waals surface area contributed by atoms with Gasteiger partial charge in [0.1, 0.15) is 17.5 Å². The van der Waals surface area contributed by atoms with Crippen LogP contribution in [0.3, 0.4) is 0 Å². The molecule has 28 heavy (non-hydrogen) atoms. The van der Waals surface area contributed by atoms with Gasteiger partial charge >= 0.3 is 18.3 Å². The molecule has 0 spiro atoms. The average molecular weight is 398 g/mol. The van der Waals surface area contributed by atoms with E-state index in [2.05, 4.69) is 4.74 Å². The molecule has 2 aliphatic rings. The van der Waals surface area contributed by atoms with Gasteiger partial charge in [-0.3, -0.25) is 0 Å². The van der Waals surface area contributed by atoms with Crippen LogP contribution in [0.1, 0.15) is 18.4 Å². The largest absolute Gasteiger partial charge is 0.573 e. The Balaban J connectivity index is 1.99. The first-order valence-electron chi connectivity index (χ1n) is 8.27. The van der Waals surface area contributed by atoms with E-state index in [0.29, 0.717) is 5.56 Å². The summed E-state index contributed by atoms with van der Waals surface area (Å²) in [5.74, 6) is -2.34. The number of alkyl halides is 3. The van der Waals surface area contributed by atoms with Gasteiger partial charge in [-0.2, -0.15) is 0 Å². The molecule has 1 aromatic rings. The molecule has 2 heterocycles. The molecule has 0 radical (unpaired) electrons. The highest BCUT2D eigenvalue weighted by Gasteiger charge is 2.57. The maximum atomic E-state index is 12.4. The van der Waals surface area contributed by atoms with Crippen LogP contribution in [0.15, 0.2) is 47.6 Å². The van der Waals surface area contributed by atoms with E-state index in [1.54, 1.807) is 19.1 Å². The third-order valence-electron chi connectivity index (χ3n) is 4.84.